The molecular formula is C18H22N4OS. The van der Waals surface area contributed by atoms with Gasteiger partial charge in [0.05, 0.1) is 5.52 Å². The molecule has 3 rings (SSSR count). The minimum absolute atomic E-state index is 0.00732. The second-order valence-electron chi connectivity index (χ2n) is 6.29. The number of nitrogens with one attached hydrogen (secondary N) is 1. The first-order valence-corrected chi connectivity index (χ1v) is 8.76. The van der Waals surface area contributed by atoms with Crippen LogP contribution in [0.15, 0.2) is 29.6 Å². The van der Waals surface area contributed by atoms with E-state index in [2.05, 4.69) is 35.8 Å². The number of thiophene rings is 1. The van der Waals surface area contributed by atoms with Crippen LogP contribution in [0.3, 0.4) is 0 Å². The molecule has 6 heteroatoms. The first kappa shape index (κ1) is 16.7. The number of nitrogens with zero attached hydrogens (tertiary/aromatic N) is 3. The van der Waals surface area contributed by atoms with Crippen molar-refractivity contribution in [3.05, 3.63) is 35.2 Å². The molecule has 0 spiro atoms. The highest BCUT2D eigenvalue weighted by atomic mass is 32.1. The number of pyridine rings is 1. The first-order valence-electron chi connectivity index (χ1n) is 7.88. The molecule has 24 heavy (non-hydrogen) atoms. The van der Waals surface area contributed by atoms with Gasteiger partial charge in [0.25, 0.3) is 5.91 Å². The molecule has 126 valence electrons. The summed E-state index contributed by atoms with van der Waals surface area (Å²) in [5.41, 5.74) is 1.51. The van der Waals surface area contributed by atoms with Crippen molar-refractivity contribution in [2.45, 2.75) is 0 Å². The summed E-state index contributed by atoms with van der Waals surface area (Å²) >= 11 is 1.71. The van der Waals surface area contributed by atoms with Gasteiger partial charge in [0.15, 0.2) is 0 Å². The van der Waals surface area contributed by atoms with Gasteiger partial charge in [0.2, 0.25) is 0 Å². The number of fused-ring (bicyclic) bond motifs is 3. The lowest BCUT2D eigenvalue weighted by Gasteiger charge is -2.14. The SMILES string of the molecule is CN(C)CCNc1nc2cc(C(=O)N(C)C)ccc2c2sccc12. The minimum Gasteiger partial charge on any atom is -0.368 e. The summed E-state index contributed by atoms with van der Waals surface area (Å²) < 4.78 is 1.20. The highest BCUT2D eigenvalue weighted by Gasteiger charge is 2.13. The van der Waals surface area contributed by atoms with Crippen molar-refractivity contribution in [1.82, 2.24) is 14.8 Å². The van der Waals surface area contributed by atoms with E-state index in [1.807, 2.05) is 18.2 Å². The van der Waals surface area contributed by atoms with Crippen LogP contribution in [0.1, 0.15) is 10.4 Å². The molecule has 2 heterocycles. The standard InChI is InChI=1S/C18H22N4OS/c1-21(2)9-8-19-17-14-7-10-24-16(14)13-6-5-12(11-15(13)20-17)18(23)22(3)4/h5-7,10-11H,8-9H2,1-4H3,(H,19,20). The van der Waals surface area contributed by atoms with Gasteiger partial charge in [0.1, 0.15) is 5.82 Å². The summed E-state index contributed by atoms with van der Waals surface area (Å²) in [6.07, 6.45) is 0. The highest BCUT2D eigenvalue weighted by molar-refractivity contribution is 7.18. The summed E-state index contributed by atoms with van der Waals surface area (Å²) in [5, 5.41) is 7.74. The van der Waals surface area contributed by atoms with E-state index < -0.39 is 0 Å². The average molecular weight is 342 g/mol. The maximum atomic E-state index is 12.2. The van der Waals surface area contributed by atoms with Crippen molar-refractivity contribution in [2.24, 2.45) is 0 Å². The number of amides is 1. The number of anilines is 1. The van der Waals surface area contributed by atoms with Gasteiger partial charge in [-0.2, -0.15) is 0 Å². The van der Waals surface area contributed by atoms with E-state index in [-0.39, 0.29) is 5.91 Å². The normalized spacial score (nSPS) is 11.4. The lowest BCUT2D eigenvalue weighted by molar-refractivity contribution is 0.0828. The number of rotatable bonds is 5. The monoisotopic (exact) mass is 342 g/mol. The zero-order chi connectivity index (χ0) is 17.3. The molecule has 0 unspecified atom stereocenters. The minimum atomic E-state index is -0.00732. The zero-order valence-electron chi connectivity index (χ0n) is 14.5. The summed E-state index contributed by atoms with van der Waals surface area (Å²) in [7, 11) is 7.62. The van der Waals surface area contributed by atoms with E-state index in [4.69, 9.17) is 4.98 Å². The molecule has 0 saturated heterocycles. The fourth-order valence-corrected chi connectivity index (χ4v) is 3.56. The van der Waals surface area contributed by atoms with Crippen LogP contribution in [0, 0.1) is 0 Å². The Kier molecular flexibility index (Phi) is 4.69. The molecule has 1 N–H and O–H groups in total. The second kappa shape index (κ2) is 6.75. The maximum absolute atomic E-state index is 12.2. The highest BCUT2D eigenvalue weighted by Crippen LogP contribution is 2.33. The molecule has 0 bridgehead atoms. The van der Waals surface area contributed by atoms with Gasteiger partial charge in [-0.3, -0.25) is 4.79 Å². The van der Waals surface area contributed by atoms with Gasteiger partial charge in [-0.05, 0) is 37.7 Å². The van der Waals surface area contributed by atoms with Crippen LogP contribution in [-0.2, 0) is 0 Å². The van der Waals surface area contributed by atoms with Crippen LogP contribution in [0.2, 0.25) is 0 Å². The van der Waals surface area contributed by atoms with E-state index in [1.165, 1.54) is 4.70 Å². The Morgan fingerprint density at radius 1 is 1.17 bits per heavy atom. The Labute approximate surface area is 145 Å². The number of aromatic nitrogens is 1. The third kappa shape index (κ3) is 3.20. The van der Waals surface area contributed by atoms with Crippen molar-refractivity contribution in [3.63, 3.8) is 0 Å². The number of hydrogen-bond donors (Lipinski definition) is 1. The lowest BCUT2D eigenvalue weighted by Crippen LogP contribution is -2.21. The molecule has 3 aromatic rings. The number of hydrogen-bond acceptors (Lipinski definition) is 5. The second-order valence-corrected chi connectivity index (χ2v) is 7.20. The molecule has 0 atom stereocenters. The summed E-state index contributed by atoms with van der Waals surface area (Å²) in [6, 6.07) is 7.86. The molecular weight excluding hydrogens is 320 g/mol. The Bertz CT molecular complexity index is 885. The maximum Gasteiger partial charge on any atom is 0.253 e. The van der Waals surface area contributed by atoms with Crippen LogP contribution >= 0.6 is 11.3 Å². The largest absolute Gasteiger partial charge is 0.368 e. The number of carbonyl (C=O) groups excluding carboxylic acids is 1. The predicted molar refractivity (Wildman–Crippen MR) is 102 cm³/mol. The Hall–Kier alpha value is -2.18. The van der Waals surface area contributed by atoms with Gasteiger partial charge < -0.3 is 15.1 Å². The smallest absolute Gasteiger partial charge is 0.253 e. The summed E-state index contributed by atoms with van der Waals surface area (Å²) in [4.78, 5) is 20.7. The topological polar surface area (TPSA) is 48.5 Å². The Morgan fingerprint density at radius 2 is 1.96 bits per heavy atom. The van der Waals surface area contributed by atoms with Crippen LogP contribution < -0.4 is 5.32 Å². The number of carbonyl (C=O) groups is 1. The van der Waals surface area contributed by atoms with E-state index in [9.17, 15) is 4.79 Å². The van der Waals surface area contributed by atoms with Crippen molar-refractivity contribution < 1.29 is 4.79 Å². The molecule has 0 aliphatic rings. The average Bonchev–Trinajstić information content (AvgIpc) is 3.03. The molecule has 2 aromatic heterocycles. The predicted octanol–water partition coefficient (Wildman–Crippen LogP) is 3.12. The third-order valence-corrected chi connectivity index (χ3v) is 4.85. The van der Waals surface area contributed by atoms with E-state index in [0.717, 1.165) is 35.2 Å². The Balaban J connectivity index is 2.06. The number of benzene rings is 1. The zero-order valence-corrected chi connectivity index (χ0v) is 15.3. The van der Waals surface area contributed by atoms with Crippen LogP contribution in [0.5, 0.6) is 0 Å². The summed E-state index contributed by atoms with van der Waals surface area (Å²) in [5.74, 6) is 0.877. The van der Waals surface area contributed by atoms with Crippen molar-refractivity contribution in [3.8, 4) is 0 Å². The van der Waals surface area contributed by atoms with Gasteiger partial charge in [-0.25, -0.2) is 4.98 Å². The molecule has 0 saturated carbocycles. The quantitative estimate of drug-likeness (QED) is 0.774. The van der Waals surface area contributed by atoms with Crippen LogP contribution in [-0.4, -0.2) is 62.0 Å². The molecule has 5 nitrogen and oxygen atoms in total. The van der Waals surface area contributed by atoms with Gasteiger partial charge in [-0.1, -0.05) is 6.07 Å². The van der Waals surface area contributed by atoms with Crippen LogP contribution in [0.4, 0.5) is 5.82 Å². The molecule has 1 amide bonds. The molecule has 0 radical (unpaired) electrons. The van der Waals surface area contributed by atoms with Gasteiger partial charge >= 0.3 is 0 Å². The fraction of sp³-hybridized carbons (Fsp3) is 0.333. The molecule has 0 fully saturated rings. The molecule has 0 aliphatic heterocycles. The Morgan fingerprint density at radius 3 is 2.67 bits per heavy atom. The van der Waals surface area contributed by atoms with Crippen molar-refractivity contribution >= 4 is 44.1 Å². The fourth-order valence-electron chi connectivity index (χ4n) is 2.63. The number of likely N-dealkylation sites (N-methyl/N-ethyl adjacent to an activating group) is 1. The third-order valence-electron chi connectivity index (χ3n) is 3.90. The lowest BCUT2D eigenvalue weighted by atomic mass is 10.1. The van der Waals surface area contributed by atoms with E-state index in [1.54, 1.807) is 30.3 Å². The molecule has 0 aliphatic carbocycles. The van der Waals surface area contributed by atoms with Crippen LogP contribution in [0.25, 0.3) is 21.0 Å². The van der Waals surface area contributed by atoms with Gasteiger partial charge in [0, 0.05) is 48.2 Å². The van der Waals surface area contributed by atoms with Gasteiger partial charge in [-0.15, -0.1) is 11.3 Å². The first-order chi connectivity index (χ1) is 11.5. The van der Waals surface area contributed by atoms with E-state index in [0.29, 0.717) is 5.56 Å². The molecule has 1 aromatic carbocycles. The summed E-state index contributed by atoms with van der Waals surface area (Å²) in [6.45, 7) is 1.76. The van der Waals surface area contributed by atoms with Crippen molar-refractivity contribution in [1.29, 1.82) is 0 Å². The van der Waals surface area contributed by atoms with E-state index >= 15 is 0 Å². The van der Waals surface area contributed by atoms with Crippen molar-refractivity contribution in [2.75, 3.05) is 46.6 Å².